The third-order valence-electron chi connectivity index (χ3n) is 3.94. The zero-order valence-corrected chi connectivity index (χ0v) is 11.8. The van der Waals surface area contributed by atoms with Gasteiger partial charge in [0, 0.05) is 24.0 Å². The molecule has 5 nitrogen and oxygen atoms in total. The van der Waals surface area contributed by atoms with E-state index in [1.54, 1.807) is 6.20 Å². The summed E-state index contributed by atoms with van der Waals surface area (Å²) in [6, 6.07) is 3.74. The van der Waals surface area contributed by atoms with Crippen LogP contribution in [0.3, 0.4) is 0 Å². The van der Waals surface area contributed by atoms with Crippen molar-refractivity contribution in [1.29, 1.82) is 0 Å². The van der Waals surface area contributed by atoms with Crippen LogP contribution in [0.25, 0.3) is 0 Å². The van der Waals surface area contributed by atoms with Gasteiger partial charge in [0.1, 0.15) is 5.82 Å². The van der Waals surface area contributed by atoms with Crippen LogP contribution in [0.15, 0.2) is 24.4 Å². The number of aromatic nitrogens is 2. The highest BCUT2D eigenvalue weighted by atomic mass is 19.1. The lowest BCUT2D eigenvalue weighted by Gasteiger charge is -2.24. The molecule has 1 heterocycles. The Bertz CT molecular complexity index is 695. The van der Waals surface area contributed by atoms with Crippen LogP contribution in [0.5, 0.6) is 0 Å². The van der Waals surface area contributed by atoms with Crippen LogP contribution in [0, 0.1) is 5.82 Å². The first-order valence-corrected chi connectivity index (χ1v) is 6.93. The Morgan fingerprint density at radius 2 is 2.33 bits per heavy atom. The van der Waals surface area contributed by atoms with E-state index in [0.717, 1.165) is 36.6 Å². The summed E-state index contributed by atoms with van der Waals surface area (Å²) in [5, 5.41) is 7.22. The molecule has 3 N–H and O–H groups in total. The second kappa shape index (κ2) is 5.20. The fourth-order valence-corrected chi connectivity index (χ4v) is 2.83. The Labute approximate surface area is 121 Å². The number of halogens is 1. The van der Waals surface area contributed by atoms with Crippen molar-refractivity contribution in [3.63, 3.8) is 0 Å². The third kappa shape index (κ3) is 2.49. The summed E-state index contributed by atoms with van der Waals surface area (Å²) in [5.74, 6) is -0.731. The molecule has 1 aromatic carbocycles. The van der Waals surface area contributed by atoms with Crippen LogP contribution < -0.4 is 11.1 Å². The number of carbonyl (C=O) groups excluding carboxylic acids is 1. The lowest BCUT2D eigenvalue weighted by atomic mass is 9.92. The van der Waals surface area contributed by atoms with E-state index < -0.39 is 5.82 Å². The number of amides is 1. The van der Waals surface area contributed by atoms with Crippen molar-refractivity contribution < 1.29 is 9.18 Å². The average Bonchev–Trinajstić information content (AvgIpc) is 2.81. The molecule has 110 valence electrons. The molecule has 6 heteroatoms. The molecule has 1 aromatic heterocycles. The van der Waals surface area contributed by atoms with E-state index in [0.29, 0.717) is 5.56 Å². The Balaban J connectivity index is 1.82. The standard InChI is InChI=1S/C15H17FN4O/c1-20-14-4-2-3-13(11(14)8-18-20)19-15(21)10-6-5-9(16)7-12(10)17/h5-8,13H,2-4,17H2,1H3,(H,19,21). The maximum atomic E-state index is 13.0. The number of nitrogens with zero attached hydrogens (tertiary/aromatic N) is 2. The monoisotopic (exact) mass is 288 g/mol. The highest BCUT2D eigenvalue weighted by Crippen LogP contribution is 2.29. The second-order valence-electron chi connectivity index (χ2n) is 5.32. The molecule has 0 saturated carbocycles. The fourth-order valence-electron chi connectivity index (χ4n) is 2.83. The van der Waals surface area contributed by atoms with Gasteiger partial charge in [0.25, 0.3) is 5.91 Å². The maximum Gasteiger partial charge on any atom is 0.253 e. The normalized spacial score (nSPS) is 17.3. The van der Waals surface area contributed by atoms with Crippen LogP contribution in [-0.4, -0.2) is 15.7 Å². The number of rotatable bonds is 2. The van der Waals surface area contributed by atoms with Gasteiger partial charge in [-0.25, -0.2) is 4.39 Å². The molecular weight excluding hydrogens is 271 g/mol. The predicted molar refractivity (Wildman–Crippen MR) is 77.2 cm³/mol. The Morgan fingerprint density at radius 3 is 3.10 bits per heavy atom. The number of aryl methyl sites for hydroxylation is 1. The van der Waals surface area contributed by atoms with E-state index in [1.807, 2.05) is 11.7 Å². The fraction of sp³-hybridized carbons (Fsp3) is 0.333. The van der Waals surface area contributed by atoms with Gasteiger partial charge in [-0.1, -0.05) is 0 Å². The van der Waals surface area contributed by atoms with E-state index in [2.05, 4.69) is 10.4 Å². The summed E-state index contributed by atoms with van der Waals surface area (Å²) in [5.41, 5.74) is 8.36. The lowest BCUT2D eigenvalue weighted by molar-refractivity contribution is 0.0933. The van der Waals surface area contributed by atoms with Gasteiger partial charge in [0.05, 0.1) is 17.8 Å². The molecule has 2 aromatic rings. The van der Waals surface area contributed by atoms with Gasteiger partial charge in [-0.3, -0.25) is 9.48 Å². The molecule has 0 radical (unpaired) electrons. The molecule has 1 unspecified atom stereocenters. The number of nitrogen functional groups attached to an aromatic ring is 1. The summed E-state index contributed by atoms with van der Waals surface area (Å²) >= 11 is 0. The smallest absolute Gasteiger partial charge is 0.253 e. The highest BCUT2D eigenvalue weighted by molar-refractivity contribution is 5.99. The molecule has 3 rings (SSSR count). The number of carbonyl (C=O) groups is 1. The predicted octanol–water partition coefficient (Wildman–Crippen LogP) is 1.95. The number of hydrogen-bond acceptors (Lipinski definition) is 3. The summed E-state index contributed by atoms with van der Waals surface area (Å²) in [6.07, 6.45) is 4.63. The van der Waals surface area contributed by atoms with Crippen LogP contribution in [-0.2, 0) is 13.5 Å². The van der Waals surface area contributed by atoms with Crippen molar-refractivity contribution in [2.45, 2.75) is 25.3 Å². The minimum Gasteiger partial charge on any atom is -0.398 e. The maximum absolute atomic E-state index is 13.0. The Kier molecular flexibility index (Phi) is 3.37. The van der Waals surface area contributed by atoms with E-state index >= 15 is 0 Å². The largest absolute Gasteiger partial charge is 0.398 e. The van der Waals surface area contributed by atoms with Gasteiger partial charge < -0.3 is 11.1 Å². The van der Waals surface area contributed by atoms with Crippen molar-refractivity contribution in [2.24, 2.45) is 7.05 Å². The van der Waals surface area contributed by atoms with Gasteiger partial charge in [0.15, 0.2) is 0 Å². The Morgan fingerprint density at radius 1 is 1.52 bits per heavy atom. The number of anilines is 1. The van der Waals surface area contributed by atoms with Gasteiger partial charge in [-0.15, -0.1) is 0 Å². The van der Waals surface area contributed by atoms with Crippen LogP contribution in [0.4, 0.5) is 10.1 Å². The number of nitrogens with one attached hydrogen (secondary N) is 1. The minimum absolute atomic E-state index is 0.0700. The molecule has 0 spiro atoms. The molecule has 1 aliphatic carbocycles. The van der Waals surface area contributed by atoms with Gasteiger partial charge in [0.2, 0.25) is 0 Å². The molecule has 0 fully saturated rings. The summed E-state index contributed by atoms with van der Waals surface area (Å²) < 4.78 is 14.9. The van der Waals surface area contributed by atoms with Crippen LogP contribution in [0.2, 0.25) is 0 Å². The zero-order chi connectivity index (χ0) is 15.0. The van der Waals surface area contributed by atoms with E-state index in [4.69, 9.17) is 5.73 Å². The summed E-state index contributed by atoms with van der Waals surface area (Å²) in [4.78, 5) is 12.3. The summed E-state index contributed by atoms with van der Waals surface area (Å²) in [6.45, 7) is 0. The molecule has 1 amide bonds. The van der Waals surface area contributed by atoms with Crippen LogP contribution in [0.1, 0.15) is 40.5 Å². The van der Waals surface area contributed by atoms with Crippen molar-refractivity contribution in [1.82, 2.24) is 15.1 Å². The van der Waals surface area contributed by atoms with E-state index in [9.17, 15) is 9.18 Å². The number of hydrogen-bond donors (Lipinski definition) is 2. The second-order valence-corrected chi connectivity index (χ2v) is 5.32. The molecule has 1 aliphatic rings. The molecule has 0 saturated heterocycles. The van der Waals surface area contributed by atoms with Gasteiger partial charge in [-0.05, 0) is 37.5 Å². The lowest BCUT2D eigenvalue weighted by Crippen LogP contribution is -2.31. The number of fused-ring (bicyclic) bond motifs is 1. The first kappa shape index (κ1) is 13.6. The van der Waals surface area contributed by atoms with E-state index in [-0.39, 0.29) is 17.6 Å². The summed E-state index contributed by atoms with van der Waals surface area (Å²) in [7, 11) is 1.90. The number of nitrogens with two attached hydrogens (primary N) is 1. The molecule has 0 aliphatic heterocycles. The van der Waals surface area contributed by atoms with Crippen molar-refractivity contribution in [3.05, 3.63) is 47.0 Å². The molecule has 1 atom stereocenters. The van der Waals surface area contributed by atoms with Gasteiger partial charge in [-0.2, -0.15) is 5.10 Å². The Hall–Kier alpha value is -2.37. The average molecular weight is 288 g/mol. The SMILES string of the molecule is Cn1ncc2c1CCCC2NC(=O)c1ccc(F)cc1N. The minimum atomic E-state index is -0.448. The molecule has 21 heavy (non-hydrogen) atoms. The van der Waals surface area contributed by atoms with Crippen molar-refractivity contribution in [3.8, 4) is 0 Å². The highest BCUT2D eigenvalue weighted by Gasteiger charge is 2.25. The van der Waals surface area contributed by atoms with Crippen LogP contribution >= 0.6 is 0 Å². The van der Waals surface area contributed by atoms with Crippen molar-refractivity contribution >= 4 is 11.6 Å². The number of benzene rings is 1. The first-order chi connectivity index (χ1) is 10.1. The zero-order valence-electron chi connectivity index (χ0n) is 11.8. The quantitative estimate of drug-likeness (QED) is 0.830. The first-order valence-electron chi connectivity index (χ1n) is 6.93. The van der Waals surface area contributed by atoms with Gasteiger partial charge >= 0.3 is 0 Å². The molecule has 0 bridgehead atoms. The third-order valence-corrected chi connectivity index (χ3v) is 3.94. The topological polar surface area (TPSA) is 72.9 Å². The molecular formula is C15H17FN4O. The van der Waals surface area contributed by atoms with E-state index in [1.165, 1.54) is 12.1 Å². The van der Waals surface area contributed by atoms with Crippen molar-refractivity contribution in [2.75, 3.05) is 5.73 Å².